The van der Waals surface area contributed by atoms with Crippen LogP contribution in [0.4, 0.5) is 0 Å². The maximum absolute atomic E-state index is 13.3. The Morgan fingerprint density at radius 2 is 1.76 bits per heavy atom. The molecule has 0 N–H and O–H groups in total. The number of ketones is 1. The number of carbonyl (C=O) groups excluding carboxylic acids is 1. The van der Waals surface area contributed by atoms with Crippen LogP contribution in [0.5, 0.6) is 0 Å². The number of hydrogen-bond acceptors (Lipinski definition) is 2. The summed E-state index contributed by atoms with van der Waals surface area (Å²) in [5, 5.41) is 1.13. The Balaban J connectivity index is 1.54. The highest BCUT2D eigenvalue weighted by molar-refractivity contribution is 5.96. The van der Waals surface area contributed by atoms with Crippen LogP contribution in [0.1, 0.15) is 27.3 Å². The smallest absolute Gasteiger partial charge is 0.262 e. The molecule has 0 saturated heterocycles. The van der Waals surface area contributed by atoms with E-state index in [1.54, 1.807) is 0 Å². The van der Waals surface area contributed by atoms with Crippen molar-refractivity contribution in [2.24, 2.45) is 0 Å². The maximum Gasteiger partial charge on any atom is 0.262 e. The van der Waals surface area contributed by atoms with Crippen LogP contribution in [0.2, 0.25) is 0 Å². The van der Waals surface area contributed by atoms with Gasteiger partial charge < -0.3 is 0 Å². The van der Waals surface area contributed by atoms with Gasteiger partial charge in [-0.25, -0.2) is 4.57 Å². The van der Waals surface area contributed by atoms with Gasteiger partial charge in [0, 0.05) is 28.3 Å². The van der Waals surface area contributed by atoms with Crippen molar-refractivity contribution in [3.63, 3.8) is 0 Å². The second kappa shape index (κ2) is 7.82. The van der Waals surface area contributed by atoms with Gasteiger partial charge in [0.05, 0.1) is 6.42 Å². The zero-order valence-corrected chi connectivity index (χ0v) is 18.5. The molecule has 4 heteroatoms. The van der Waals surface area contributed by atoms with Crippen molar-refractivity contribution in [2.75, 3.05) is 0 Å². The fourth-order valence-corrected chi connectivity index (χ4v) is 4.86. The van der Waals surface area contributed by atoms with Gasteiger partial charge in [-0.3, -0.25) is 9.78 Å². The molecule has 1 aliphatic heterocycles. The lowest BCUT2D eigenvalue weighted by Gasteiger charge is -2.15. The molecule has 0 aliphatic carbocycles. The normalized spacial score (nSPS) is 12.4. The summed E-state index contributed by atoms with van der Waals surface area (Å²) in [6.07, 6.45) is 5.84. The molecule has 0 radical (unpaired) electrons. The number of nitrogens with zero attached hydrogens (tertiary/aromatic N) is 3. The van der Waals surface area contributed by atoms with E-state index < -0.39 is 0 Å². The van der Waals surface area contributed by atoms with Crippen LogP contribution in [-0.2, 0) is 19.4 Å². The molecule has 0 saturated carbocycles. The topological polar surface area (TPSA) is 38.8 Å². The minimum Gasteiger partial charge on any atom is -0.290 e. The molecule has 0 unspecified atom stereocenters. The van der Waals surface area contributed by atoms with E-state index in [0.717, 1.165) is 57.6 Å². The van der Waals surface area contributed by atoms with E-state index in [1.165, 1.54) is 5.56 Å². The van der Waals surface area contributed by atoms with Gasteiger partial charge in [-0.05, 0) is 19.4 Å². The highest BCUT2D eigenvalue weighted by atomic mass is 16.1. The zero-order chi connectivity index (χ0) is 22.4. The van der Waals surface area contributed by atoms with Crippen molar-refractivity contribution in [3.05, 3.63) is 114 Å². The van der Waals surface area contributed by atoms with Gasteiger partial charge in [-0.2, -0.15) is 4.57 Å². The van der Waals surface area contributed by atoms with Crippen LogP contribution in [0.3, 0.4) is 0 Å². The standard InChI is InChI=1S/C29H24N3O/c1-20-9-11-22(12-10-20)26(33)19-31-25(21-6-3-2-4-7-21)18-32-27(31)16-15-24-14-13-23-8-5-17-30-28(23)29(24)32/h2-14,17-18H,15-16,19H2,1H3/q+1. The summed E-state index contributed by atoms with van der Waals surface area (Å²) in [7, 11) is 0. The molecule has 0 spiro atoms. The second-order valence-electron chi connectivity index (χ2n) is 8.69. The van der Waals surface area contributed by atoms with E-state index in [9.17, 15) is 4.79 Å². The summed E-state index contributed by atoms with van der Waals surface area (Å²) in [4.78, 5) is 18.0. The van der Waals surface area contributed by atoms with Gasteiger partial charge in [0.1, 0.15) is 11.7 Å². The van der Waals surface area contributed by atoms with Crippen LogP contribution in [-0.4, -0.2) is 15.3 Å². The summed E-state index contributed by atoms with van der Waals surface area (Å²) in [5.41, 5.74) is 7.48. The Morgan fingerprint density at radius 1 is 0.939 bits per heavy atom. The number of aromatic nitrogens is 3. The number of benzene rings is 3. The molecule has 3 heterocycles. The van der Waals surface area contributed by atoms with Crippen LogP contribution < -0.4 is 4.57 Å². The Hall–Kier alpha value is -4.05. The highest BCUT2D eigenvalue weighted by Gasteiger charge is 2.33. The van der Waals surface area contributed by atoms with Gasteiger partial charge in [-0.1, -0.05) is 78.4 Å². The minimum atomic E-state index is 0.119. The highest BCUT2D eigenvalue weighted by Crippen LogP contribution is 2.29. The third-order valence-electron chi connectivity index (χ3n) is 6.57. The lowest BCUT2D eigenvalue weighted by molar-refractivity contribution is -0.605. The first kappa shape index (κ1) is 19.6. The van der Waals surface area contributed by atoms with Crippen molar-refractivity contribution in [1.29, 1.82) is 0 Å². The molecule has 33 heavy (non-hydrogen) atoms. The molecule has 6 rings (SSSR count). The largest absolute Gasteiger partial charge is 0.290 e. The predicted octanol–water partition coefficient (Wildman–Crippen LogP) is 5.27. The van der Waals surface area contributed by atoms with Crippen LogP contribution in [0.15, 0.2) is 91.3 Å². The first-order valence-corrected chi connectivity index (χ1v) is 11.4. The van der Waals surface area contributed by atoms with Crippen LogP contribution in [0.25, 0.3) is 27.8 Å². The molecule has 5 aromatic rings. The number of rotatable bonds is 4. The van der Waals surface area contributed by atoms with Crippen molar-refractivity contribution < 1.29 is 9.36 Å². The molecule has 4 nitrogen and oxygen atoms in total. The first-order chi connectivity index (χ1) is 16.2. The molecule has 2 aromatic heterocycles. The molecule has 160 valence electrons. The fraction of sp³-hybridized carbons (Fsp3) is 0.138. The van der Waals surface area contributed by atoms with Crippen molar-refractivity contribution in [1.82, 2.24) is 9.55 Å². The van der Waals surface area contributed by atoms with Gasteiger partial charge in [0.2, 0.25) is 5.78 Å². The third-order valence-corrected chi connectivity index (χ3v) is 6.57. The number of aryl methyl sites for hydroxylation is 2. The van der Waals surface area contributed by atoms with Crippen molar-refractivity contribution in [2.45, 2.75) is 26.3 Å². The summed E-state index contributed by atoms with van der Waals surface area (Å²) >= 11 is 0. The second-order valence-corrected chi connectivity index (χ2v) is 8.69. The SMILES string of the molecule is Cc1ccc(C(=O)Cn2c(-c3ccccc3)c[n+]3c2CCc2ccc4cccnc4c2-3)cc1. The van der Waals surface area contributed by atoms with Gasteiger partial charge in [0.15, 0.2) is 17.9 Å². The minimum absolute atomic E-state index is 0.119. The summed E-state index contributed by atoms with van der Waals surface area (Å²) < 4.78 is 4.46. The number of carbonyl (C=O) groups is 1. The summed E-state index contributed by atoms with van der Waals surface area (Å²) in [5.74, 6) is 1.26. The number of imidazole rings is 1. The average molecular weight is 431 g/mol. The molecular formula is C29H24N3O+. The van der Waals surface area contributed by atoms with E-state index in [1.807, 2.05) is 61.7 Å². The Kier molecular flexibility index (Phi) is 4.65. The lowest BCUT2D eigenvalue weighted by Crippen LogP contribution is -2.40. The Morgan fingerprint density at radius 3 is 2.58 bits per heavy atom. The van der Waals surface area contributed by atoms with Crippen molar-refractivity contribution in [3.8, 4) is 16.9 Å². The molecule has 1 aliphatic rings. The molecule has 0 fully saturated rings. The van der Waals surface area contributed by atoms with Gasteiger partial charge >= 0.3 is 0 Å². The Bertz CT molecular complexity index is 1500. The third kappa shape index (κ3) is 3.35. The Labute approximate surface area is 192 Å². The van der Waals surface area contributed by atoms with E-state index >= 15 is 0 Å². The average Bonchev–Trinajstić information content (AvgIpc) is 3.23. The number of Topliss-reactive ketones (excluding diaryl/α,β-unsaturated/α-hetero) is 1. The van der Waals surface area contributed by atoms with E-state index in [0.29, 0.717) is 6.54 Å². The predicted molar refractivity (Wildman–Crippen MR) is 130 cm³/mol. The summed E-state index contributed by atoms with van der Waals surface area (Å²) in [6.45, 7) is 2.35. The lowest BCUT2D eigenvalue weighted by atomic mass is 10.0. The van der Waals surface area contributed by atoms with Gasteiger partial charge in [-0.15, -0.1) is 0 Å². The monoisotopic (exact) mass is 430 g/mol. The first-order valence-electron chi connectivity index (χ1n) is 11.4. The summed E-state index contributed by atoms with van der Waals surface area (Å²) in [6, 6.07) is 26.6. The fourth-order valence-electron chi connectivity index (χ4n) is 4.86. The van der Waals surface area contributed by atoms with E-state index in [2.05, 4.69) is 45.7 Å². The van der Waals surface area contributed by atoms with Gasteiger partial charge in [0.25, 0.3) is 5.82 Å². The maximum atomic E-state index is 13.3. The molecule has 3 aromatic carbocycles. The molecular weight excluding hydrogens is 406 g/mol. The molecule has 0 amide bonds. The quantitative estimate of drug-likeness (QED) is 0.288. The zero-order valence-electron chi connectivity index (χ0n) is 18.5. The number of pyridine rings is 1. The van der Waals surface area contributed by atoms with Crippen molar-refractivity contribution >= 4 is 16.7 Å². The van der Waals surface area contributed by atoms with E-state index in [4.69, 9.17) is 4.98 Å². The van der Waals surface area contributed by atoms with E-state index in [-0.39, 0.29) is 5.78 Å². The van der Waals surface area contributed by atoms with Crippen LogP contribution >= 0.6 is 0 Å². The number of hydrogen-bond donors (Lipinski definition) is 0. The van der Waals surface area contributed by atoms with Crippen LogP contribution in [0, 0.1) is 6.92 Å². The molecule has 0 atom stereocenters. The molecule has 0 bridgehead atoms. The number of fused-ring (bicyclic) bond motifs is 5.